The lowest BCUT2D eigenvalue weighted by molar-refractivity contribution is -0.124. The van der Waals surface area contributed by atoms with Crippen LogP contribution < -0.4 is 16.8 Å². The number of nitrogens with one attached hydrogen (secondary N) is 1. The number of hydrogen-bond donors (Lipinski definition) is 3. The normalized spacial score (nSPS) is 19.8. The molecule has 1 saturated heterocycles. The van der Waals surface area contributed by atoms with Gasteiger partial charge in [-0.1, -0.05) is 0 Å². The molecule has 20 heavy (non-hydrogen) atoms. The van der Waals surface area contributed by atoms with Gasteiger partial charge in [-0.2, -0.15) is 0 Å². The molecule has 7 heteroatoms. The summed E-state index contributed by atoms with van der Waals surface area (Å²) >= 11 is 0. The first-order valence-corrected chi connectivity index (χ1v) is 6.31. The monoisotopic (exact) mass is 280 g/mol. The van der Waals surface area contributed by atoms with Crippen molar-refractivity contribution < 1.29 is 14.0 Å². The number of nitrogens with zero attached hydrogens (tertiary/aromatic N) is 1. The molecule has 108 valence electrons. The van der Waals surface area contributed by atoms with Crippen molar-refractivity contribution in [2.24, 2.45) is 11.5 Å². The largest absolute Gasteiger partial charge is 0.368 e. The molecule has 5 N–H and O–H groups in total. The summed E-state index contributed by atoms with van der Waals surface area (Å²) in [5, 5.41) is 3.07. The highest BCUT2D eigenvalue weighted by Gasteiger charge is 2.27. The fourth-order valence-corrected chi connectivity index (χ4v) is 2.28. The van der Waals surface area contributed by atoms with Crippen LogP contribution in [-0.4, -0.2) is 42.4 Å². The number of amides is 2. The maximum absolute atomic E-state index is 13.8. The molecule has 0 saturated carbocycles. The Morgan fingerprint density at radius 3 is 2.80 bits per heavy atom. The van der Waals surface area contributed by atoms with E-state index in [-0.39, 0.29) is 12.1 Å². The number of halogens is 1. The highest BCUT2D eigenvalue weighted by molar-refractivity contribution is 5.92. The molecule has 1 fully saturated rings. The van der Waals surface area contributed by atoms with Gasteiger partial charge in [-0.3, -0.25) is 14.5 Å². The standard InChI is InChI=1S/C13H17FN4O2/c14-10-2-1-8(12(15)19)5-9(10)7-18-4-3-17-6-11(18)13(16)20/h1-2,5,11,17H,3-4,6-7H2,(H2,15,19)(H2,16,20). The van der Waals surface area contributed by atoms with Crippen molar-refractivity contribution in [3.63, 3.8) is 0 Å². The Hall–Kier alpha value is -1.99. The van der Waals surface area contributed by atoms with Crippen molar-refractivity contribution in [3.8, 4) is 0 Å². The second kappa shape index (κ2) is 5.98. The van der Waals surface area contributed by atoms with E-state index in [4.69, 9.17) is 11.5 Å². The molecule has 0 aliphatic carbocycles. The second-order valence-electron chi connectivity index (χ2n) is 4.76. The Morgan fingerprint density at radius 1 is 1.40 bits per heavy atom. The number of hydrogen-bond acceptors (Lipinski definition) is 4. The average Bonchev–Trinajstić information content (AvgIpc) is 2.41. The van der Waals surface area contributed by atoms with Gasteiger partial charge in [0.1, 0.15) is 11.9 Å². The SMILES string of the molecule is NC(=O)c1ccc(F)c(CN2CCNCC2C(N)=O)c1. The molecule has 2 amide bonds. The van der Waals surface area contributed by atoms with Gasteiger partial charge in [-0.15, -0.1) is 0 Å². The molecule has 1 aromatic carbocycles. The first kappa shape index (κ1) is 14.4. The van der Waals surface area contributed by atoms with E-state index in [0.29, 0.717) is 25.2 Å². The van der Waals surface area contributed by atoms with E-state index in [1.807, 2.05) is 0 Å². The average molecular weight is 280 g/mol. The summed E-state index contributed by atoms with van der Waals surface area (Å²) in [7, 11) is 0. The summed E-state index contributed by atoms with van der Waals surface area (Å²) in [6, 6.07) is 3.47. The van der Waals surface area contributed by atoms with Crippen molar-refractivity contribution in [2.75, 3.05) is 19.6 Å². The van der Waals surface area contributed by atoms with Crippen molar-refractivity contribution in [3.05, 3.63) is 35.1 Å². The van der Waals surface area contributed by atoms with Crippen LogP contribution in [0.3, 0.4) is 0 Å². The van der Waals surface area contributed by atoms with Gasteiger partial charge in [0.15, 0.2) is 0 Å². The Balaban J connectivity index is 2.21. The van der Waals surface area contributed by atoms with Crippen LogP contribution in [0.15, 0.2) is 18.2 Å². The molecule has 1 aliphatic rings. The topological polar surface area (TPSA) is 101 Å². The molecule has 2 rings (SSSR count). The summed E-state index contributed by atoms with van der Waals surface area (Å²) in [4.78, 5) is 24.3. The molecule has 0 spiro atoms. The van der Waals surface area contributed by atoms with Crippen molar-refractivity contribution >= 4 is 11.8 Å². The molecule has 6 nitrogen and oxygen atoms in total. The molecular formula is C13H17FN4O2. The van der Waals surface area contributed by atoms with Crippen LogP contribution in [0.5, 0.6) is 0 Å². The third-order valence-corrected chi connectivity index (χ3v) is 3.39. The summed E-state index contributed by atoms with van der Waals surface area (Å²) in [6.07, 6.45) is 0. The zero-order chi connectivity index (χ0) is 14.7. The lowest BCUT2D eigenvalue weighted by Crippen LogP contribution is -2.56. The number of rotatable bonds is 4. The quantitative estimate of drug-likeness (QED) is 0.671. The molecule has 1 atom stereocenters. The smallest absolute Gasteiger partial charge is 0.248 e. The molecule has 0 bridgehead atoms. The molecule has 1 unspecified atom stereocenters. The van der Waals surface area contributed by atoms with E-state index in [2.05, 4.69) is 5.32 Å². The van der Waals surface area contributed by atoms with Gasteiger partial charge in [0.05, 0.1) is 0 Å². The van der Waals surface area contributed by atoms with Gasteiger partial charge in [0.2, 0.25) is 11.8 Å². The number of nitrogens with two attached hydrogens (primary N) is 2. The van der Waals surface area contributed by atoms with Crippen molar-refractivity contribution in [1.29, 1.82) is 0 Å². The minimum Gasteiger partial charge on any atom is -0.368 e. The van der Waals surface area contributed by atoms with E-state index in [9.17, 15) is 14.0 Å². The maximum Gasteiger partial charge on any atom is 0.248 e. The third kappa shape index (κ3) is 3.12. The highest BCUT2D eigenvalue weighted by atomic mass is 19.1. The van der Waals surface area contributed by atoms with Crippen LogP contribution in [0.25, 0.3) is 0 Å². The second-order valence-corrected chi connectivity index (χ2v) is 4.76. The van der Waals surface area contributed by atoms with Gasteiger partial charge in [-0.05, 0) is 18.2 Å². The lowest BCUT2D eigenvalue weighted by Gasteiger charge is -2.34. The number of primary amides is 2. The Bertz CT molecular complexity index is 535. The zero-order valence-corrected chi connectivity index (χ0v) is 10.9. The zero-order valence-electron chi connectivity index (χ0n) is 10.9. The Kier molecular flexibility index (Phi) is 4.31. The van der Waals surface area contributed by atoms with Crippen molar-refractivity contribution in [1.82, 2.24) is 10.2 Å². The van der Waals surface area contributed by atoms with E-state index < -0.39 is 23.7 Å². The minimum absolute atomic E-state index is 0.211. The molecule has 0 aromatic heterocycles. The van der Waals surface area contributed by atoms with Gasteiger partial charge in [0.25, 0.3) is 0 Å². The fraction of sp³-hybridized carbons (Fsp3) is 0.385. The van der Waals surface area contributed by atoms with Crippen LogP contribution in [0, 0.1) is 5.82 Å². The van der Waals surface area contributed by atoms with Crippen molar-refractivity contribution in [2.45, 2.75) is 12.6 Å². The summed E-state index contributed by atoms with van der Waals surface area (Å²) in [5.74, 6) is -1.50. The fourth-order valence-electron chi connectivity index (χ4n) is 2.28. The molecule has 1 aliphatic heterocycles. The van der Waals surface area contributed by atoms with Gasteiger partial charge in [0, 0.05) is 37.3 Å². The van der Waals surface area contributed by atoms with Crippen LogP contribution in [-0.2, 0) is 11.3 Å². The minimum atomic E-state index is -0.613. The first-order chi connectivity index (χ1) is 9.49. The van der Waals surface area contributed by atoms with Crippen LogP contribution >= 0.6 is 0 Å². The predicted molar refractivity (Wildman–Crippen MR) is 71.2 cm³/mol. The summed E-state index contributed by atoms with van der Waals surface area (Å²) < 4.78 is 13.8. The number of piperazine rings is 1. The lowest BCUT2D eigenvalue weighted by atomic mass is 10.1. The van der Waals surface area contributed by atoms with Gasteiger partial charge >= 0.3 is 0 Å². The van der Waals surface area contributed by atoms with E-state index in [0.717, 1.165) is 0 Å². The Labute approximate surface area is 115 Å². The highest BCUT2D eigenvalue weighted by Crippen LogP contribution is 2.15. The van der Waals surface area contributed by atoms with Crippen LogP contribution in [0.4, 0.5) is 4.39 Å². The molecule has 1 heterocycles. The maximum atomic E-state index is 13.8. The molecule has 1 aromatic rings. The number of carbonyl (C=O) groups is 2. The van der Waals surface area contributed by atoms with E-state index in [1.54, 1.807) is 4.90 Å². The molecule has 0 radical (unpaired) electrons. The van der Waals surface area contributed by atoms with E-state index >= 15 is 0 Å². The first-order valence-electron chi connectivity index (χ1n) is 6.31. The van der Waals surface area contributed by atoms with Crippen LogP contribution in [0.1, 0.15) is 15.9 Å². The van der Waals surface area contributed by atoms with Crippen LogP contribution in [0.2, 0.25) is 0 Å². The molecular weight excluding hydrogens is 263 g/mol. The third-order valence-electron chi connectivity index (χ3n) is 3.39. The number of carbonyl (C=O) groups excluding carboxylic acids is 2. The summed E-state index contributed by atoms with van der Waals surface area (Å²) in [6.45, 7) is 1.92. The van der Waals surface area contributed by atoms with Gasteiger partial charge in [-0.25, -0.2) is 4.39 Å². The Morgan fingerprint density at radius 2 is 2.15 bits per heavy atom. The summed E-state index contributed by atoms with van der Waals surface area (Å²) in [5.41, 5.74) is 11.1. The number of benzene rings is 1. The van der Waals surface area contributed by atoms with Gasteiger partial charge < -0.3 is 16.8 Å². The van der Waals surface area contributed by atoms with E-state index in [1.165, 1.54) is 18.2 Å². The predicted octanol–water partition coefficient (Wildman–Crippen LogP) is -0.816.